The van der Waals surface area contributed by atoms with Crippen molar-refractivity contribution in [1.82, 2.24) is 15.2 Å². The summed E-state index contributed by atoms with van der Waals surface area (Å²) in [5.41, 5.74) is 3.78. The molecule has 6 heteroatoms. The fraction of sp³-hybridized carbons (Fsp3) is 0.353. The minimum Gasteiger partial charge on any atom is -0.387 e. The van der Waals surface area contributed by atoms with E-state index in [9.17, 15) is 0 Å². The Hall–Kier alpha value is -2.63. The largest absolute Gasteiger partial charge is 0.387 e. The molecule has 1 saturated heterocycles. The van der Waals surface area contributed by atoms with Crippen LogP contribution in [0.2, 0.25) is 0 Å². The summed E-state index contributed by atoms with van der Waals surface area (Å²) < 4.78 is 0. The molecule has 0 saturated carbocycles. The van der Waals surface area contributed by atoms with Gasteiger partial charge in [-0.15, -0.1) is 0 Å². The van der Waals surface area contributed by atoms with E-state index in [0.29, 0.717) is 5.82 Å². The minimum atomic E-state index is 0.689. The fourth-order valence-corrected chi connectivity index (χ4v) is 2.84. The van der Waals surface area contributed by atoms with Crippen molar-refractivity contribution in [3.63, 3.8) is 0 Å². The Balaban J connectivity index is 2.03. The molecule has 23 heavy (non-hydrogen) atoms. The van der Waals surface area contributed by atoms with Gasteiger partial charge in [-0.05, 0) is 31.9 Å². The van der Waals surface area contributed by atoms with Gasteiger partial charge in [0, 0.05) is 43.7 Å². The van der Waals surface area contributed by atoms with Crippen LogP contribution in [0, 0.1) is 12.3 Å². The second kappa shape index (κ2) is 6.64. The Bertz CT molecular complexity index is 695. The van der Waals surface area contributed by atoms with E-state index in [2.05, 4.69) is 37.7 Å². The van der Waals surface area contributed by atoms with Crippen LogP contribution in [0.4, 0.5) is 5.69 Å². The second-order valence-corrected chi connectivity index (χ2v) is 5.67. The van der Waals surface area contributed by atoms with Gasteiger partial charge in [0.05, 0.1) is 17.6 Å². The van der Waals surface area contributed by atoms with Crippen LogP contribution in [0.5, 0.6) is 0 Å². The average Bonchev–Trinajstić information content (AvgIpc) is 3.10. The number of rotatable bonds is 4. The number of hydrogen-bond donors (Lipinski definition) is 3. The van der Waals surface area contributed by atoms with E-state index in [-0.39, 0.29) is 0 Å². The van der Waals surface area contributed by atoms with Gasteiger partial charge in [-0.3, -0.25) is 4.98 Å². The summed E-state index contributed by atoms with van der Waals surface area (Å²) in [6.45, 7) is 4.10. The van der Waals surface area contributed by atoms with Gasteiger partial charge in [-0.1, -0.05) is 0 Å². The summed E-state index contributed by atoms with van der Waals surface area (Å²) >= 11 is 0. The lowest BCUT2D eigenvalue weighted by molar-refractivity contribution is 0.400. The monoisotopic (exact) mass is 310 g/mol. The smallest absolute Gasteiger partial charge is 0.133 e. The number of pyridine rings is 1. The van der Waals surface area contributed by atoms with Gasteiger partial charge in [0.15, 0.2) is 0 Å². The first-order valence-corrected chi connectivity index (χ1v) is 7.89. The molecule has 1 aromatic heterocycles. The van der Waals surface area contributed by atoms with E-state index in [1.54, 1.807) is 6.08 Å². The summed E-state index contributed by atoms with van der Waals surface area (Å²) in [7, 11) is 1.88. The van der Waals surface area contributed by atoms with Crippen LogP contribution in [0.3, 0.4) is 0 Å². The number of anilines is 1. The highest BCUT2D eigenvalue weighted by Crippen LogP contribution is 2.21. The molecule has 2 aliphatic rings. The molecule has 0 atom stereocenters. The summed E-state index contributed by atoms with van der Waals surface area (Å²) in [5.74, 6) is 1.74. The third-order valence-corrected chi connectivity index (χ3v) is 4.11. The van der Waals surface area contributed by atoms with Gasteiger partial charge < -0.3 is 20.9 Å². The van der Waals surface area contributed by atoms with Crippen molar-refractivity contribution in [3.8, 4) is 0 Å². The van der Waals surface area contributed by atoms with Crippen LogP contribution < -0.4 is 10.6 Å². The van der Waals surface area contributed by atoms with E-state index in [1.807, 2.05) is 20.2 Å². The van der Waals surface area contributed by atoms with Crippen molar-refractivity contribution >= 4 is 17.6 Å². The minimum absolute atomic E-state index is 0.689. The van der Waals surface area contributed by atoms with Crippen molar-refractivity contribution in [1.29, 1.82) is 5.41 Å². The van der Waals surface area contributed by atoms with Crippen molar-refractivity contribution < 1.29 is 0 Å². The molecular weight excluding hydrogens is 288 g/mol. The highest BCUT2D eigenvalue weighted by Gasteiger charge is 2.20. The van der Waals surface area contributed by atoms with Crippen molar-refractivity contribution in [2.24, 2.45) is 4.99 Å². The maximum Gasteiger partial charge on any atom is 0.133 e. The standard InChI is InChI=1S/C17H22N6/c1-12-14(9-13(19-2)11-20-12)15-10-17(23-7-3-4-8-23)22-16(21-15)5-6-18/h5-6,9-11,18-19,22H,3-4,7-8H2,1-2H3/b16-5-,18-6?. The maximum absolute atomic E-state index is 7.32. The summed E-state index contributed by atoms with van der Waals surface area (Å²) in [4.78, 5) is 11.4. The van der Waals surface area contributed by atoms with Crippen LogP contribution in [-0.2, 0) is 0 Å². The predicted octanol–water partition coefficient (Wildman–Crippen LogP) is 2.25. The predicted molar refractivity (Wildman–Crippen MR) is 94.0 cm³/mol. The first kappa shape index (κ1) is 15.3. The molecule has 0 aromatic carbocycles. The topological polar surface area (TPSA) is 76.4 Å². The van der Waals surface area contributed by atoms with Crippen LogP contribution in [0.1, 0.15) is 24.1 Å². The zero-order valence-electron chi connectivity index (χ0n) is 13.6. The zero-order valence-corrected chi connectivity index (χ0v) is 13.6. The number of nitrogens with one attached hydrogen (secondary N) is 3. The third-order valence-electron chi connectivity index (χ3n) is 4.11. The second-order valence-electron chi connectivity index (χ2n) is 5.67. The van der Waals surface area contributed by atoms with Crippen LogP contribution in [-0.4, -0.2) is 41.9 Å². The van der Waals surface area contributed by atoms with Crippen molar-refractivity contribution in [2.75, 3.05) is 25.5 Å². The van der Waals surface area contributed by atoms with Crippen LogP contribution >= 0.6 is 0 Å². The van der Waals surface area contributed by atoms with Gasteiger partial charge in [0.2, 0.25) is 0 Å². The van der Waals surface area contributed by atoms with E-state index in [1.165, 1.54) is 19.1 Å². The SMILES string of the molecule is CNc1cnc(C)c(C2=N/C(=C/C=N)NC(N3CCCC3)=C2)c1. The normalized spacial score (nSPS) is 19.2. The molecule has 0 bridgehead atoms. The molecule has 0 radical (unpaired) electrons. The van der Waals surface area contributed by atoms with E-state index in [4.69, 9.17) is 5.41 Å². The van der Waals surface area contributed by atoms with Crippen molar-refractivity contribution in [2.45, 2.75) is 19.8 Å². The zero-order chi connectivity index (χ0) is 16.2. The lowest BCUT2D eigenvalue weighted by atomic mass is 10.1. The summed E-state index contributed by atoms with van der Waals surface area (Å²) in [6.07, 6.45) is 9.26. The number of aromatic nitrogens is 1. The molecule has 3 heterocycles. The molecule has 0 unspecified atom stereocenters. The molecule has 2 aliphatic heterocycles. The van der Waals surface area contributed by atoms with Gasteiger partial charge in [-0.25, -0.2) is 4.99 Å². The summed E-state index contributed by atoms with van der Waals surface area (Å²) in [5, 5.41) is 13.8. The quantitative estimate of drug-likeness (QED) is 0.746. The number of nitrogens with zero attached hydrogens (tertiary/aromatic N) is 3. The number of hydrogen-bond acceptors (Lipinski definition) is 6. The molecule has 3 N–H and O–H groups in total. The highest BCUT2D eigenvalue weighted by molar-refractivity contribution is 6.11. The Morgan fingerprint density at radius 3 is 2.83 bits per heavy atom. The Labute approximate surface area is 136 Å². The fourth-order valence-electron chi connectivity index (χ4n) is 2.84. The van der Waals surface area contributed by atoms with Crippen LogP contribution in [0.15, 0.2) is 41.0 Å². The van der Waals surface area contributed by atoms with Gasteiger partial charge >= 0.3 is 0 Å². The van der Waals surface area contributed by atoms with Crippen LogP contribution in [0.25, 0.3) is 0 Å². The molecule has 3 rings (SSSR count). The van der Waals surface area contributed by atoms with Crippen molar-refractivity contribution in [3.05, 3.63) is 47.3 Å². The van der Waals surface area contributed by atoms with Gasteiger partial charge in [0.25, 0.3) is 0 Å². The third kappa shape index (κ3) is 3.26. The Morgan fingerprint density at radius 1 is 1.35 bits per heavy atom. The Morgan fingerprint density at radius 2 is 2.13 bits per heavy atom. The molecule has 1 fully saturated rings. The Kier molecular flexibility index (Phi) is 4.41. The first-order valence-electron chi connectivity index (χ1n) is 7.89. The molecular formula is C17H22N6. The van der Waals surface area contributed by atoms with E-state index < -0.39 is 0 Å². The van der Waals surface area contributed by atoms with Gasteiger partial charge in [-0.2, -0.15) is 0 Å². The molecule has 0 spiro atoms. The summed E-state index contributed by atoms with van der Waals surface area (Å²) in [6, 6.07) is 2.06. The number of aryl methyl sites for hydroxylation is 1. The molecule has 0 aliphatic carbocycles. The highest BCUT2D eigenvalue weighted by atomic mass is 15.3. The molecule has 120 valence electrons. The maximum atomic E-state index is 7.32. The number of allylic oxidation sites excluding steroid dienone is 2. The molecule has 6 nitrogen and oxygen atoms in total. The van der Waals surface area contributed by atoms with E-state index >= 15 is 0 Å². The van der Waals surface area contributed by atoms with Gasteiger partial charge in [0.1, 0.15) is 11.6 Å². The first-order chi connectivity index (χ1) is 11.2. The number of likely N-dealkylation sites (tertiary alicyclic amines) is 1. The molecule has 0 amide bonds. The lowest BCUT2D eigenvalue weighted by Gasteiger charge is -2.26. The number of aliphatic imine (C=N–C) groups is 1. The van der Waals surface area contributed by atoms with E-state index in [0.717, 1.165) is 41.6 Å². The molecule has 1 aromatic rings. The average molecular weight is 310 g/mol. The lowest BCUT2D eigenvalue weighted by Crippen LogP contribution is -2.32.